The second-order valence-corrected chi connectivity index (χ2v) is 9.19. The number of ether oxygens (including phenoxy) is 2. The lowest BCUT2D eigenvalue weighted by atomic mass is 9.82. The van der Waals surface area contributed by atoms with Crippen LogP contribution in [0, 0.1) is 17.7 Å². The van der Waals surface area contributed by atoms with Gasteiger partial charge in [-0.25, -0.2) is 22.9 Å². The molecule has 3 rings (SSSR count). The van der Waals surface area contributed by atoms with Crippen molar-refractivity contribution in [2.75, 3.05) is 12.0 Å². The van der Waals surface area contributed by atoms with Crippen molar-refractivity contribution in [2.45, 2.75) is 58.9 Å². The number of halogens is 3. The molecule has 7 nitrogen and oxygen atoms in total. The van der Waals surface area contributed by atoms with Crippen LogP contribution in [0.5, 0.6) is 11.6 Å². The Labute approximate surface area is 207 Å². The number of hydrogen-bond donors (Lipinski definition) is 0. The van der Waals surface area contributed by atoms with Crippen molar-refractivity contribution in [3.05, 3.63) is 46.9 Å². The molecular weight excluding hydrogens is 477 g/mol. The van der Waals surface area contributed by atoms with Gasteiger partial charge < -0.3 is 14.4 Å². The van der Waals surface area contributed by atoms with E-state index < -0.39 is 41.4 Å². The summed E-state index contributed by atoms with van der Waals surface area (Å²) < 4.78 is 52.7. The molecular formula is C26H29F3N2O5. The zero-order chi connectivity index (χ0) is 26.6. The second kappa shape index (κ2) is 11.5. The van der Waals surface area contributed by atoms with E-state index in [2.05, 4.69) is 11.9 Å². The summed E-state index contributed by atoms with van der Waals surface area (Å²) >= 11 is 0. The van der Waals surface area contributed by atoms with Crippen LogP contribution in [0.1, 0.15) is 79.2 Å². The molecule has 1 saturated carbocycles. The Kier molecular flexibility index (Phi) is 8.70. The molecule has 0 radical (unpaired) electrons. The Bertz CT molecular complexity index is 1130. The predicted octanol–water partition coefficient (Wildman–Crippen LogP) is 6.12. The molecule has 0 unspecified atom stereocenters. The predicted molar refractivity (Wildman–Crippen MR) is 126 cm³/mol. The first-order valence-corrected chi connectivity index (χ1v) is 11.7. The average Bonchev–Trinajstić information content (AvgIpc) is 2.84. The molecule has 194 valence electrons. The van der Waals surface area contributed by atoms with Crippen LogP contribution >= 0.6 is 0 Å². The number of alkyl halides is 2. The van der Waals surface area contributed by atoms with Gasteiger partial charge in [-0.1, -0.05) is 6.92 Å². The third-order valence-electron chi connectivity index (χ3n) is 6.37. The van der Waals surface area contributed by atoms with Gasteiger partial charge in [-0.15, -0.1) is 0 Å². The first-order valence-electron chi connectivity index (χ1n) is 11.7. The van der Waals surface area contributed by atoms with Crippen LogP contribution < -0.4 is 9.64 Å². The first kappa shape index (κ1) is 27.2. The molecule has 36 heavy (non-hydrogen) atoms. The molecule has 1 amide bonds. The minimum absolute atomic E-state index is 0.00555. The highest BCUT2D eigenvalue weighted by molar-refractivity contribution is 6.04. The van der Waals surface area contributed by atoms with Gasteiger partial charge in [0, 0.05) is 35.9 Å². The fourth-order valence-electron chi connectivity index (χ4n) is 4.42. The number of pyridine rings is 1. The molecule has 0 spiro atoms. The molecule has 1 fully saturated rings. The zero-order valence-corrected chi connectivity index (χ0v) is 20.6. The Hall–Kier alpha value is -3.43. The van der Waals surface area contributed by atoms with E-state index in [-0.39, 0.29) is 34.9 Å². The van der Waals surface area contributed by atoms with Crippen molar-refractivity contribution in [3.8, 4) is 11.6 Å². The molecule has 0 bridgehead atoms. The number of methoxy groups -OCH3 is 1. The van der Waals surface area contributed by atoms with E-state index >= 15 is 4.39 Å². The highest BCUT2D eigenvalue weighted by Crippen LogP contribution is 2.38. The van der Waals surface area contributed by atoms with Crippen molar-refractivity contribution in [1.29, 1.82) is 0 Å². The zero-order valence-electron chi connectivity index (χ0n) is 20.6. The lowest BCUT2D eigenvalue weighted by Gasteiger charge is -2.34. The third-order valence-corrected chi connectivity index (χ3v) is 6.37. The summed E-state index contributed by atoms with van der Waals surface area (Å²) in [5, 5.41) is 0. The van der Waals surface area contributed by atoms with E-state index in [1.807, 2.05) is 0 Å². The lowest BCUT2D eigenvalue weighted by molar-refractivity contribution is -0.123. The van der Waals surface area contributed by atoms with Crippen molar-refractivity contribution >= 4 is 23.9 Å². The third kappa shape index (κ3) is 5.68. The fraction of sp³-hybridized carbons (Fsp3) is 0.462. The Morgan fingerprint density at radius 3 is 2.39 bits per heavy atom. The van der Waals surface area contributed by atoms with Gasteiger partial charge in [0.05, 0.1) is 23.9 Å². The van der Waals surface area contributed by atoms with E-state index in [1.165, 1.54) is 4.90 Å². The van der Waals surface area contributed by atoms with Crippen molar-refractivity contribution in [1.82, 2.24) is 4.98 Å². The molecule has 2 aromatic rings. The minimum atomic E-state index is -3.12. The smallest absolute Gasteiger partial charge is 0.340 e. The van der Waals surface area contributed by atoms with Crippen molar-refractivity contribution in [2.24, 2.45) is 11.8 Å². The summed E-state index contributed by atoms with van der Waals surface area (Å²) in [4.78, 5) is 42.4. The number of benzene rings is 1. The summed E-state index contributed by atoms with van der Waals surface area (Å²) in [5.41, 5.74) is -1.35. The van der Waals surface area contributed by atoms with Gasteiger partial charge in [-0.2, -0.15) is 0 Å². The minimum Gasteiger partial charge on any atom is -0.465 e. The van der Waals surface area contributed by atoms with Crippen LogP contribution in [0.15, 0.2) is 24.4 Å². The van der Waals surface area contributed by atoms with Gasteiger partial charge in [0.25, 0.3) is 6.43 Å². The van der Waals surface area contributed by atoms with E-state index in [4.69, 9.17) is 9.47 Å². The molecule has 0 aliphatic heterocycles. The highest BCUT2D eigenvalue weighted by Gasteiger charge is 2.33. The first-order chi connectivity index (χ1) is 17.1. The number of aldehydes is 1. The van der Waals surface area contributed by atoms with E-state index in [9.17, 15) is 23.2 Å². The standard InChI is InChI=1S/C26H29F3N2O5/c1-14(2)31(25(33)16-7-5-15(3)6-8-16)20-12-19(27)21(11-18(20)26(34)35-4)36-24-22(23(28)29)17(13-32)9-10-30-24/h9-16,23H,5-8H2,1-4H3. The van der Waals surface area contributed by atoms with Crippen molar-refractivity contribution in [3.63, 3.8) is 0 Å². The average molecular weight is 507 g/mol. The number of anilines is 1. The monoisotopic (exact) mass is 506 g/mol. The Balaban J connectivity index is 2.08. The molecule has 0 saturated heterocycles. The van der Waals surface area contributed by atoms with E-state index in [0.29, 0.717) is 18.8 Å². The maximum Gasteiger partial charge on any atom is 0.340 e. The van der Waals surface area contributed by atoms with Crippen LogP contribution in [0.3, 0.4) is 0 Å². The van der Waals surface area contributed by atoms with Gasteiger partial charge in [-0.3, -0.25) is 9.59 Å². The number of carbonyl (C=O) groups is 3. The normalized spacial score (nSPS) is 17.7. The molecule has 0 N–H and O–H groups in total. The van der Waals surface area contributed by atoms with Crippen LogP contribution in [0.4, 0.5) is 18.9 Å². The van der Waals surface area contributed by atoms with Crippen LogP contribution in [0.25, 0.3) is 0 Å². The topological polar surface area (TPSA) is 85.8 Å². The SMILES string of the molecule is COC(=O)c1cc(Oc2nccc(C=O)c2C(F)F)c(F)cc1N(C(=O)C1CCC(C)CC1)C(C)C. The highest BCUT2D eigenvalue weighted by atomic mass is 19.3. The van der Waals surface area contributed by atoms with Crippen LogP contribution in [-0.2, 0) is 9.53 Å². The second-order valence-electron chi connectivity index (χ2n) is 9.19. The Morgan fingerprint density at radius 2 is 1.83 bits per heavy atom. The van der Waals surface area contributed by atoms with Gasteiger partial charge in [-0.05, 0) is 51.5 Å². The number of amides is 1. The van der Waals surface area contributed by atoms with Gasteiger partial charge in [0.2, 0.25) is 11.8 Å². The Morgan fingerprint density at radius 1 is 1.17 bits per heavy atom. The summed E-state index contributed by atoms with van der Waals surface area (Å²) in [6, 6.07) is 2.62. The number of hydrogen-bond acceptors (Lipinski definition) is 6. The van der Waals surface area contributed by atoms with E-state index in [0.717, 1.165) is 44.3 Å². The summed E-state index contributed by atoms with van der Waals surface area (Å²) in [7, 11) is 1.13. The summed E-state index contributed by atoms with van der Waals surface area (Å²) in [5.74, 6) is -3.11. The molecule has 1 aromatic carbocycles. The number of aromatic nitrogens is 1. The number of esters is 1. The number of nitrogens with zero attached hydrogens (tertiary/aromatic N) is 2. The fourth-order valence-corrected chi connectivity index (χ4v) is 4.42. The van der Waals surface area contributed by atoms with Crippen LogP contribution in [-0.4, -0.2) is 36.3 Å². The molecule has 1 heterocycles. The molecule has 1 aliphatic rings. The number of rotatable bonds is 8. The van der Waals surface area contributed by atoms with Gasteiger partial charge in [0.1, 0.15) is 0 Å². The largest absolute Gasteiger partial charge is 0.465 e. The molecule has 1 aromatic heterocycles. The molecule has 1 aliphatic carbocycles. The number of carbonyl (C=O) groups excluding carboxylic acids is 3. The lowest BCUT2D eigenvalue weighted by Crippen LogP contribution is -2.43. The van der Waals surface area contributed by atoms with Gasteiger partial charge >= 0.3 is 5.97 Å². The van der Waals surface area contributed by atoms with E-state index in [1.54, 1.807) is 13.8 Å². The maximum atomic E-state index is 15.3. The van der Waals surface area contributed by atoms with Crippen LogP contribution in [0.2, 0.25) is 0 Å². The maximum absolute atomic E-state index is 15.3. The van der Waals surface area contributed by atoms with Crippen molar-refractivity contribution < 1.29 is 37.0 Å². The van der Waals surface area contributed by atoms with Gasteiger partial charge in [0.15, 0.2) is 17.9 Å². The summed E-state index contributed by atoms with van der Waals surface area (Å²) in [6.45, 7) is 5.62. The molecule has 10 heteroatoms. The quantitative estimate of drug-likeness (QED) is 0.317. The molecule has 0 atom stereocenters. The summed E-state index contributed by atoms with van der Waals surface area (Å²) in [6.07, 6.45) is 1.34.